The third-order valence-electron chi connectivity index (χ3n) is 4.21. The van der Waals surface area contributed by atoms with Crippen LogP contribution < -0.4 is 0 Å². The number of rotatable bonds is 1. The van der Waals surface area contributed by atoms with E-state index in [4.69, 9.17) is 69.8 Å². The van der Waals surface area contributed by atoms with Crippen molar-refractivity contribution in [2.75, 3.05) is 0 Å². The van der Waals surface area contributed by atoms with Crippen LogP contribution in [0.3, 0.4) is 0 Å². The van der Waals surface area contributed by atoms with Crippen molar-refractivity contribution in [1.29, 1.82) is 0 Å². The first-order valence-electron chi connectivity index (χ1n) is 6.66. The molecule has 1 heterocycles. The summed E-state index contributed by atoms with van der Waals surface area (Å²) in [7, 11) is 0. The van der Waals surface area contributed by atoms with E-state index in [0.29, 0.717) is 5.56 Å². The van der Waals surface area contributed by atoms with Crippen LogP contribution in [0, 0.1) is 0 Å². The molecule has 23 heavy (non-hydrogen) atoms. The van der Waals surface area contributed by atoms with Crippen LogP contribution in [0.2, 0.25) is 0 Å². The lowest BCUT2D eigenvalue weighted by Crippen LogP contribution is -2.72. The number of fused-ring (bicyclic) bond motifs is 1. The predicted molar refractivity (Wildman–Crippen MR) is 97.3 cm³/mol. The largest absolute Gasteiger partial charge is 0.356 e. The molecule has 1 fully saturated rings. The van der Waals surface area contributed by atoms with Gasteiger partial charge in [0.25, 0.3) is 5.18 Å². The highest BCUT2D eigenvalue weighted by Gasteiger charge is 2.77. The number of benzene rings is 1. The fourth-order valence-electron chi connectivity index (χ4n) is 2.94. The van der Waals surface area contributed by atoms with Crippen molar-refractivity contribution in [3.05, 3.63) is 59.8 Å². The van der Waals surface area contributed by atoms with E-state index in [0.717, 1.165) is 4.42 Å². The topological polar surface area (TPSA) is 23.5 Å². The van der Waals surface area contributed by atoms with E-state index in [-0.39, 0.29) is 12.1 Å². The number of aliphatic hydroxyl groups is 1. The summed E-state index contributed by atoms with van der Waals surface area (Å²) in [5.74, 6) is 0. The summed E-state index contributed by atoms with van der Waals surface area (Å²) in [6.45, 7) is 0. The average molecular weight is 434 g/mol. The molecule has 0 bridgehead atoms. The van der Waals surface area contributed by atoms with Gasteiger partial charge in [0.1, 0.15) is 4.87 Å². The summed E-state index contributed by atoms with van der Waals surface area (Å²) in [5.41, 5.74) is 0.668. The van der Waals surface area contributed by atoms with E-state index in [1.807, 2.05) is 0 Å². The number of hydrogen-bond donors (Lipinski definition) is 1. The molecule has 1 saturated heterocycles. The maximum Gasteiger partial charge on any atom is 0.257 e. The number of allylic oxidation sites excluding steroid dienone is 4. The molecular weight excluding hydrogens is 423 g/mol. The van der Waals surface area contributed by atoms with Crippen LogP contribution >= 0.6 is 69.8 Å². The third-order valence-corrected chi connectivity index (χ3v) is 8.27. The SMILES string of the molecule is OC1(Cl)N(Cl)C2=CC=CCC2(Cl)C(Cl)(Cl)C1(Cl)c1ccccc1. The molecule has 0 amide bonds. The first-order chi connectivity index (χ1) is 10.6. The Hall–Kier alpha value is 0.200. The van der Waals surface area contributed by atoms with Crippen molar-refractivity contribution in [1.82, 2.24) is 4.42 Å². The van der Waals surface area contributed by atoms with Crippen LogP contribution in [-0.2, 0) is 4.87 Å². The Labute approximate surface area is 164 Å². The van der Waals surface area contributed by atoms with Crippen LogP contribution in [0.15, 0.2) is 54.3 Å². The molecule has 1 aliphatic heterocycles. The Balaban J connectivity index is 2.32. The second-order valence-electron chi connectivity index (χ2n) is 5.45. The Kier molecular flexibility index (Phi) is 4.39. The molecule has 1 aliphatic carbocycles. The van der Waals surface area contributed by atoms with E-state index >= 15 is 0 Å². The summed E-state index contributed by atoms with van der Waals surface area (Å²) < 4.78 is -0.975. The normalized spacial score (nSPS) is 38.9. The third kappa shape index (κ3) is 2.13. The first-order valence-corrected chi connectivity index (χ1v) is 8.89. The zero-order chi connectivity index (χ0) is 17.1. The summed E-state index contributed by atoms with van der Waals surface area (Å²) in [6.07, 6.45) is 5.39. The monoisotopic (exact) mass is 431 g/mol. The van der Waals surface area contributed by atoms with Crippen LogP contribution in [0.1, 0.15) is 12.0 Å². The van der Waals surface area contributed by atoms with Crippen molar-refractivity contribution in [3.8, 4) is 0 Å². The predicted octanol–water partition coefficient (Wildman–Crippen LogP) is 5.47. The average Bonchev–Trinajstić information content (AvgIpc) is 2.53. The maximum atomic E-state index is 10.9. The molecule has 3 atom stereocenters. The molecule has 0 spiro atoms. The van der Waals surface area contributed by atoms with Gasteiger partial charge in [-0.2, -0.15) is 0 Å². The van der Waals surface area contributed by atoms with Crippen LogP contribution in [0.5, 0.6) is 0 Å². The highest BCUT2D eigenvalue weighted by atomic mass is 35.5. The van der Waals surface area contributed by atoms with Crippen molar-refractivity contribution < 1.29 is 5.11 Å². The van der Waals surface area contributed by atoms with E-state index in [1.165, 1.54) is 0 Å². The van der Waals surface area contributed by atoms with Gasteiger partial charge in [0.15, 0.2) is 9.21 Å². The van der Waals surface area contributed by atoms with Crippen molar-refractivity contribution in [2.45, 2.75) is 25.7 Å². The summed E-state index contributed by atoms with van der Waals surface area (Å²) in [4.78, 5) is -3.27. The van der Waals surface area contributed by atoms with Crippen LogP contribution in [-0.4, -0.2) is 23.9 Å². The zero-order valence-corrected chi connectivity index (χ0v) is 16.0. The second kappa shape index (κ2) is 5.60. The molecule has 2 aliphatic rings. The molecule has 1 aromatic carbocycles. The van der Waals surface area contributed by atoms with Gasteiger partial charge < -0.3 is 5.11 Å². The van der Waals surface area contributed by atoms with E-state index < -0.39 is 19.3 Å². The van der Waals surface area contributed by atoms with Crippen LogP contribution in [0.4, 0.5) is 0 Å². The smallest absolute Gasteiger partial charge is 0.257 e. The molecule has 124 valence electrons. The Morgan fingerprint density at radius 1 is 1.00 bits per heavy atom. The fraction of sp³-hybridized carbons (Fsp3) is 0.333. The zero-order valence-electron chi connectivity index (χ0n) is 11.5. The first kappa shape index (κ1) is 18.0. The van der Waals surface area contributed by atoms with Gasteiger partial charge in [0, 0.05) is 11.8 Å². The molecule has 0 saturated carbocycles. The number of alkyl halides is 5. The summed E-state index contributed by atoms with van der Waals surface area (Å²) in [5, 5.41) is 8.62. The lowest BCUT2D eigenvalue weighted by Gasteiger charge is -2.60. The number of piperidine rings is 1. The highest BCUT2D eigenvalue weighted by Crippen LogP contribution is 2.69. The van der Waals surface area contributed by atoms with E-state index in [2.05, 4.69) is 0 Å². The van der Waals surface area contributed by atoms with Crippen LogP contribution in [0.25, 0.3) is 0 Å². The van der Waals surface area contributed by atoms with Crippen molar-refractivity contribution >= 4 is 69.8 Å². The lowest BCUT2D eigenvalue weighted by atomic mass is 9.76. The summed E-state index contributed by atoms with van der Waals surface area (Å²) >= 11 is 39.5. The number of nitrogens with zero attached hydrogens (tertiary/aromatic N) is 1. The molecular formula is C15H11Cl6NO. The van der Waals surface area contributed by atoms with Crippen molar-refractivity contribution in [3.63, 3.8) is 0 Å². The standard InChI is InChI=1S/C15H11Cl6NO/c16-12-9-5-4-8-11(12)22(21)15(20,23)13(17,14(12,18)19)10-6-2-1-3-7-10/h1-8,23H,9H2. The number of halogens is 6. The quantitative estimate of drug-likeness (QED) is 0.360. The molecule has 3 rings (SSSR count). The molecule has 0 aromatic heterocycles. The van der Waals surface area contributed by atoms with Gasteiger partial charge in [-0.3, -0.25) is 0 Å². The Morgan fingerprint density at radius 3 is 2.22 bits per heavy atom. The van der Waals surface area contributed by atoms with E-state index in [1.54, 1.807) is 48.6 Å². The van der Waals surface area contributed by atoms with Gasteiger partial charge in [-0.15, -0.1) is 23.2 Å². The van der Waals surface area contributed by atoms with Gasteiger partial charge >= 0.3 is 0 Å². The molecule has 3 unspecified atom stereocenters. The van der Waals surface area contributed by atoms with Gasteiger partial charge in [0.05, 0.1) is 5.70 Å². The molecule has 1 aromatic rings. The molecule has 1 N–H and O–H groups in total. The molecule has 0 radical (unpaired) electrons. The fourth-order valence-corrected chi connectivity index (χ4v) is 5.42. The van der Waals surface area contributed by atoms with Gasteiger partial charge in [-0.25, -0.2) is 4.42 Å². The Bertz CT molecular complexity index is 688. The molecule has 8 heteroatoms. The highest BCUT2D eigenvalue weighted by molar-refractivity contribution is 6.60. The lowest BCUT2D eigenvalue weighted by molar-refractivity contribution is -0.0393. The molecule has 2 nitrogen and oxygen atoms in total. The summed E-state index contributed by atoms with van der Waals surface area (Å²) in [6, 6.07) is 8.54. The van der Waals surface area contributed by atoms with Gasteiger partial charge in [-0.1, -0.05) is 77.3 Å². The maximum absolute atomic E-state index is 10.9. The number of hydrogen-bond acceptors (Lipinski definition) is 2. The Morgan fingerprint density at radius 2 is 1.61 bits per heavy atom. The second-order valence-corrected chi connectivity index (χ2v) is 8.86. The minimum atomic E-state index is -2.32. The minimum absolute atomic E-state index is 0.269. The van der Waals surface area contributed by atoms with E-state index in [9.17, 15) is 5.11 Å². The van der Waals surface area contributed by atoms with Gasteiger partial charge in [0.2, 0.25) is 0 Å². The van der Waals surface area contributed by atoms with Crippen molar-refractivity contribution in [2.24, 2.45) is 0 Å². The van der Waals surface area contributed by atoms with Gasteiger partial charge in [-0.05, 0) is 18.1 Å². The minimum Gasteiger partial charge on any atom is -0.356 e.